The van der Waals surface area contributed by atoms with Gasteiger partial charge in [-0.1, -0.05) is 0 Å². The number of halogens is 1. The lowest BCUT2D eigenvalue weighted by atomic mass is 10.0. The Morgan fingerprint density at radius 1 is 1.35 bits per heavy atom. The smallest absolute Gasteiger partial charge is 0.410 e. The molecule has 0 aliphatic carbocycles. The van der Waals surface area contributed by atoms with E-state index < -0.39 is 11.4 Å². The van der Waals surface area contributed by atoms with Crippen molar-refractivity contribution in [1.29, 1.82) is 5.26 Å². The first-order chi connectivity index (χ1) is 14.7. The average molecular weight is 428 g/mol. The number of piperidine rings is 1. The second kappa shape index (κ2) is 9.42. The Balaban J connectivity index is 1.64. The number of allylic oxidation sites excluding steroid dienone is 1. The lowest BCUT2D eigenvalue weighted by Gasteiger charge is -2.34. The van der Waals surface area contributed by atoms with Crippen LogP contribution in [0.15, 0.2) is 24.4 Å². The summed E-state index contributed by atoms with van der Waals surface area (Å²) in [5.41, 5.74) is 0.761. The van der Waals surface area contributed by atoms with Crippen molar-refractivity contribution in [3.63, 3.8) is 0 Å². The molecule has 1 aromatic heterocycles. The van der Waals surface area contributed by atoms with E-state index in [1.54, 1.807) is 11.0 Å². The summed E-state index contributed by atoms with van der Waals surface area (Å²) in [6.45, 7) is 6.65. The van der Waals surface area contributed by atoms with Crippen LogP contribution < -0.4 is 10.6 Å². The predicted molar refractivity (Wildman–Crippen MR) is 112 cm³/mol. The van der Waals surface area contributed by atoms with Crippen LogP contribution in [0, 0.1) is 17.1 Å². The van der Waals surface area contributed by atoms with E-state index in [0.717, 1.165) is 12.8 Å². The van der Waals surface area contributed by atoms with Gasteiger partial charge in [0.2, 0.25) is 5.82 Å². The lowest BCUT2D eigenvalue weighted by Crippen LogP contribution is -2.44. The lowest BCUT2D eigenvalue weighted by molar-refractivity contribution is 0.0210. The van der Waals surface area contributed by atoms with Crippen LogP contribution in [-0.2, 0) is 4.74 Å². The summed E-state index contributed by atoms with van der Waals surface area (Å²) in [5, 5.41) is 28.9. The predicted octanol–water partition coefficient (Wildman–Crippen LogP) is 3.13. The molecule has 0 saturated carbocycles. The van der Waals surface area contributed by atoms with Gasteiger partial charge in [0.1, 0.15) is 23.1 Å². The number of tetrazole rings is 1. The number of likely N-dealkylation sites (tertiary alicyclic amines) is 1. The minimum Gasteiger partial charge on any atom is -0.444 e. The molecule has 0 radical (unpaired) electrons. The largest absolute Gasteiger partial charge is 0.444 e. The number of hydrogen-bond acceptors (Lipinski definition) is 8. The number of rotatable bonds is 5. The Morgan fingerprint density at radius 2 is 2.10 bits per heavy atom. The van der Waals surface area contributed by atoms with E-state index in [0.29, 0.717) is 24.5 Å². The van der Waals surface area contributed by atoms with Gasteiger partial charge in [-0.2, -0.15) is 10.5 Å². The standard InChI is InChI=1S/C20H25FN8O2/c1-20(2,3)31-19(30)29-8-6-15(7-9-29)24-16-5-4-14(21)10-17(16)23-12-13(11-22)18-25-27-28-26-18/h4-5,10,12,15,23-24H,6-9H2,1-3H3,(H,25,26,27,28). The minimum atomic E-state index is -0.530. The quantitative estimate of drug-likeness (QED) is 0.619. The molecule has 3 rings (SSSR count). The van der Waals surface area contributed by atoms with Gasteiger partial charge in [-0.25, -0.2) is 9.18 Å². The van der Waals surface area contributed by atoms with Crippen molar-refractivity contribution >= 4 is 23.0 Å². The Kier molecular flexibility index (Phi) is 6.69. The molecule has 10 nitrogen and oxygen atoms in total. The van der Waals surface area contributed by atoms with Crippen molar-refractivity contribution in [2.24, 2.45) is 0 Å². The Labute approximate surface area is 179 Å². The maximum Gasteiger partial charge on any atom is 0.410 e. The minimum absolute atomic E-state index is 0.0984. The molecule has 0 bridgehead atoms. The SMILES string of the molecule is CC(C)(C)OC(=O)N1CCC(Nc2ccc(F)cc2NC=C(C#N)c2nn[nH]n2)CC1. The molecular weight excluding hydrogens is 403 g/mol. The molecule has 1 saturated heterocycles. The molecule has 164 valence electrons. The normalized spacial score (nSPS) is 15.3. The fourth-order valence-corrected chi connectivity index (χ4v) is 3.09. The van der Waals surface area contributed by atoms with Gasteiger partial charge >= 0.3 is 6.09 Å². The number of hydrogen-bond donors (Lipinski definition) is 3. The number of aromatic nitrogens is 4. The summed E-state index contributed by atoms with van der Waals surface area (Å²) in [7, 11) is 0. The van der Waals surface area contributed by atoms with Gasteiger partial charge in [0, 0.05) is 25.3 Å². The van der Waals surface area contributed by atoms with Crippen LogP contribution >= 0.6 is 0 Å². The maximum absolute atomic E-state index is 13.8. The summed E-state index contributed by atoms with van der Waals surface area (Å²) in [5.74, 6) is -0.283. The summed E-state index contributed by atoms with van der Waals surface area (Å²) >= 11 is 0. The molecule has 1 aromatic carbocycles. The molecule has 2 heterocycles. The molecule has 1 aliphatic heterocycles. The van der Waals surface area contributed by atoms with Crippen molar-refractivity contribution in [2.75, 3.05) is 23.7 Å². The number of carbonyl (C=O) groups is 1. The molecular formula is C20H25FN8O2. The van der Waals surface area contributed by atoms with Gasteiger partial charge in [-0.15, -0.1) is 10.2 Å². The molecule has 0 unspecified atom stereocenters. The van der Waals surface area contributed by atoms with Crippen LogP contribution in [0.2, 0.25) is 0 Å². The molecule has 3 N–H and O–H groups in total. The van der Waals surface area contributed by atoms with E-state index in [1.807, 2.05) is 26.8 Å². The third kappa shape index (κ3) is 6.15. The van der Waals surface area contributed by atoms with Gasteiger partial charge in [0.05, 0.1) is 11.4 Å². The number of H-pyrrole nitrogens is 1. The van der Waals surface area contributed by atoms with Crippen LogP contribution in [0.25, 0.3) is 5.57 Å². The van der Waals surface area contributed by atoms with Crippen LogP contribution in [0.1, 0.15) is 39.4 Å². The second-order valence-corrected chi connectivity index (χ2v) is 8.13. The van der Waals surface area contributed by atoms with Gasteiger partial charge in [0.25, 0.3) is 0 Å². The zero-order valence-corrected chi connectivity index (χ0v) is 17.6. The highest BCUT2D eigenvalue weighted by molar-refractivity contribution is 5.77. The number of anilines is 2. The fourth-order valence-electron chi connectivity index (χ4n) is 3.09. The Morgan fingerprint density at radius 3 is 2.71 bits per heavy atom. The van der Waals surface area contributed by atoms with E-state index in [-0.39, 0.29) is 23.5 Å². The Hall–Kier alpha value is -3.68. The van der Waals surface area contributed by atoms with Crippen molar-refractivity contribution in [1.82, 2.24) is 25.5 Å². The van der Waals surface area contributed by atoms with Crippen LogP contribution in [0.4, 0.5) is 20.6 Å². The number of benzene rings is 1. The number of aromatic amines is 1. The number of amides is 1. The molecule has 1 aliphatic rings. The second-order valence-electron chi connectivity index (χ2n) is 8.13. The van der Waals surface area contributed by atoms with Gasteiger partial charge in [-0.05, 0) is 57.0 Å². The molecule has 0 spiro atoms. The van der Waals surface area contributed by atoms with E-state index in [4.69, 9.17) is 4.74 Å². The van der Waals surface area contributed by atoms with Crippen molar-refractivity contribution in [3.8, 4) is 6.07 Å². The topological polar surface area (TPSA) is 132 Å². The first-order valence-electron chi connectivity index (χ1n) is 9.90. The number of ether oxygens (including phenoxy) is 1. The first-order valence-corrected chi connectivity index (χ1v) is 9.90. The van der Waals surface area contributed by atoms with Gasteiger partial charge in [-0.3, -0.25) is 0 Å². The maximum atomic E-state index is 13.8. The molecule has 2 aromatic rings. The van der Waals surface area contributed by atoms with E-state index in [1.165, 1.54) is 18.3 Å². The zero-order valence-electron chi connectivity index (χ0n) is 17.6. The van der Waals surface area contributed by atoms with Crippen LogP contribution in [0.5, 0.6) is 0 Å². The van der Waals surface area contributed by atoms with Crippen LogP contribution in [0.3, 0.4) is 0 Å². The monoisotopic (exact) mass is 428 g/mol. The third-order valence-electron chi connectivity index (χ3n) is 4.57. The highest BCUT2D eigenvalue weighted by Crippen LogP contribution is 2.27. The third-order valence-corrected chi connectivity index (χ3v) is 4.57. The number of carbonyl (C=O) groups excluding carboxylic acids is 1. The van der Waals surface area contributed by atoms with Crippen molar-refractivity contribution < 1.29 is 13.9 Å². The molecule has 0 atom stereocenters. The summed E-state index contributed by atoms with van der Waals surface area (Å²) in [4.78, 5) is 13.9. The molecule has 1 fully saturated rings. The zero-order chi connectivity index (χ0) is 22.4. The molecule has 31 heavy (non-hydrogen) atoms. The summed E-state index contributed by atoms with van der Waals surface area (Å²) in [6.07, 6.45) is 2.53. The highest BCUT2D eigenvalue weighted by atomic mass is 19.1. The fraction of sp³-hybridized carbons (Fsp3) is 0.450. The highest BCUT2D eigenvalue weighted by Gasteiger charge is 2.27. The average Bonchev–Trinajstić information content (AvgIpc) is 3.24. The Bertz CT molecular complexity index is 970. The van der Waals surface area contributed by atoms with E-state index in [2.05, 4.69) is 31.3 Å². The van der Waals surface area contributed by atoms with E-state index in [9.17, 15) is 14.4 Å². The summed E-state index contributed by atoms with van der Waals surface area (Å²) < 4.78 is 19.3. The van der Waals surface area contributed by atoms with E-state index >= 15 is 0 Å². The molecule has 11 heteroatoms. The van der Waals surface area contributed by atoms with Crippen LogP contribution in [-0.4, -0.2) is 56.3 Å². The number of nitrogens with zero attached hydrogens (tertiary/aromatic N) is 5. The van der Waals surface area contributed by atoms with Gasteiger partial charge < -0.3 is 20.3 Å². The molecule has 1 amide bonds. The number of nitrogens with one attached hydrogen (secondary N) is 3. The van der Waals surface area contributed by atoms with Gasteiger partial charge in [0.15, 0.2) is 0 Å². The van der Waals surface area contributed by atoms with Crippen molar-refractivity contribution in [3.05, 3.63) is 36.0 Å². The first kappa shape index (κ1) is 22.0. The van der Waals surface area contributed by atoms with Crippen molar-refractivity contribution in [2.45, 2.75) is 45.3 Å². The number of nitriles is 1. The summed E-state index contributed by atoms with van der Waals surface area (Å²) in [6, 6.07) is 6.39.